The van der Waals surface area contributed by atoms with Gasteiger partial charge in [-0.1, -0.05) is 0 Å². The van der Waals surface area contributed by atoms with Gasteiger partial charge in [0.25, 0.3) is 0 Å². The van der Waals surface area contributed by atoms with Crippen LogP contribution >= 0.6 is 11.3 Å². The number of carbonyl (C=O) groups is 2. The van der Waals surface area contributed by atoms with Crippen molar-refractivity contribution in [2.24, 2.45) is 0 Å². The first-order valence-corrected chi connectivity index (χ1v) is 6.75. The normalized spacial score (nSPS) is 19.7. The van der Waals surface area contributed by atoms with Gasteiger partial charge in [-0.15, -0.1) is 11.3 Å². The number of Topliss-reactive ketones (excluding diaryl/α,β-unsaturated/α-hetero) is 1. The highest BCUT2D eigenvalue weighted by molar-refractivity contribution is 7.14. The zero-order valence-corrected chi connectivity index (χ0v) is 11.0. The van der Waals surface area contributed by atoms with E-state index < -0.39 is 5.97 Å². The lowest BCUT2D eigenvalue weighted by molar-refractivity contribution is 0.0167. The molecule has 0 aliphatic carbocycles. The van der Waals surface area contributed by atoms with E-state index in [1.54, 1.807) is 0 Å². The molecule has 98 valence electrons. The number of carbonyl (C=O) groups excluding carboxylic acids is 1. The van der Waals surface area contributed by atoms with Gasteiger partial charge in [-0.05, 0) is 19.3 Å². The summed E-state index contributed by atoms with van der Waals surface area (Å²) in [5, 5.41) is 9.67. The van der Waals surface area contributed by atoms with E-state index >= 15 is 0 Å². The second kappa shape index (κ2) is 5.58. The molecule has 0 amide bonds. The second-order valence-corrected chi connectivity index (χ2v) is 5.42. The Kier molecular flexibility index (Phi) is 4.08. The molecule has 2 rings (SSSR count). The van der Waals surface area contributed by atoms with Gasteiger partial charge in [0.05, 0.1) is 11.1 Å². The molecule has 1 aromatic rings. The predicted octanol–water partition coefficient (Wildman–Crippen LogP) is 2.16. The van der Waals surface area contributed by atoms with E-state index in [1.165, 1.54) is 18.3 Å². The Morgan fingerprint density at radius 1 is 1.50 bits per heavy atom. The van der Waals surface area contributed by atoms with Crippen LogP contribution in [-0.2, 0) is 11.2 Å². The first-order valence-electron chi connectivity index (χ1n) is 5.93. The summed E-state index contributed by atoms with van der Waals surface area (Å²) >= 11 is 1.17. The maximum Gasteiger partial charge on any atom is 0.356 e. The van der Waals surface area contributed by atoms with Gasteiger partial charge < -0.3 is 9.84 Å². The number of hydrogen-bond acceptors (Lipinski definition) is 5. The Morgan fingerprint density at radius 3 is 2.78 bits per heavy atom. The van der Waals surface area contributed by atoms with Crippen LogP contribution in [0.15, 0.2) is 0 Å². The van der Waals surface area contributed by atoms with Crippen molar-refractivity contribution < 1.29 is 19.4 Å². The zero-order valence-electron chi connectivity index (χ0n) is 10.1. The molecule has 0 radical (unpaired) electrons. The molecule has 0 aromatic carbocycles. The standard InChI is InChI=1S/C12H15NO4S/c1-7(14)11-10(12(15)16)13-9(18-11)6-8-4-2-3-5-17-8/h8H,2-6H2,1H3,(H,15,16). The van der Waals surface area contributed by atoms with Crippen LogP contribution in [0.1, 0.15) is 51.4 Å². The smallest absolute Gasteiger partial charge is 0.356 e. The van der Waals surface area contributed by atoms with Gasteiger partial charge in [-0.2, -0.15) is 0 Å². The van der Waals surface area contributed by atoms with Gasteiger partial charge in [0.2, 0.25) is 0 Å². The van der Waals surface area contributed by atoms with E-state index in [4.69, 9.17) is 9.84 Å². The molecule has 1 aliphatic heterocycles. The minimum absolute atomic E-state index is 0.103. The van der Waals surface area contributed by atoms with Crippen molar-refractivity contribution >= 4 is 23.1 Å². The number of rotatable bonds is 4. The summed E-state index contributed by atoms with van der Waals surface area (Å²) in [6.45, 7) is 2.11. The van der Waals surface area contributed by atoms with Gasteiger partial charge in [-0.3, -0.25) is 4.79 Å². The lowest BCUT2D eigenvalue weighted by atomic mass is 10.1. The molecule has 1 aromatic heterocycles. The lowest BCUT2D eigenvalue weighted by Gasteiger charge is -2.21. The number of carboxylic acid groups (broad SMARTS) is 1. The summed E-state index contributed by atoms with van der Waals surface area (Å²) in [4.78, 5) is 26.6. The Hall–Kier alpha value is -1.27. The molecule has 1 unspecified atom stereocenters. The van der Waals surface area contributed by atoms with E-state index in [2.05, 4.69) is 4.98 Å². The molecule has 1 fully saturated rings. The van der Waals surface area contributed by atoms with Crippen LogP contribution < -0.4 is 0 Å². The van der Waals surface area contributed by atoms with E-state index in [9.17, 15) is 9.59 Å². The van der Waals surface area contributed by atoms with E-state index in [1.807, 2.05) is 0 Å². The average Bonchev–Trinajstić information content (AvgIpc) is 2.74. The van der Waals surface area contributed by atoms with E-state index in [-0.39, 0.29) is 22.5 Å². The van der Waals surface area contributed by atoms with Crippen LogP contribution in [-0.4, -0.2) is 34.6 Å². The number of aromatic nitrogens is 1. The topological polar surface area (TPSA) is 76.5 Å². The lowest BCUT2D eigenvalue weighted by Crippen LogP contribution is -2.21. The van der Waals surface area contributed by atoms with E-state index in [0.29, 0.717) is 11.4 Å². The minimum Gasteiger partial charge on any atom is -0.476 e. The number of hydrogen-bond donors (Lipinski definition) is 1. The van der Waals surface area contributed by atoms with Crippen LogP contribution in [0, 0.1) is 0 Å². The Labute approximate surface area is 109 Å². The highest BCUT2D eigenvalue weighted by Crippen LogP contribution is 2.24. The quantitative estimate of drug-likeness (QED) is 0.847. The third-order valence-corrected chi connectivity index (χ3v) is 4.05. The maximum atomic E-state index is 11.4. The van der Waals surface area contributed by atoms with Crippen molar-refractivity contribution in [3.8, 4) is 0 Å². The third-order valence-electron chi connectivity index (χ3n) is 2.87. The Morgan fingerprint density at radius 2 is 2.28 bits per heavy atom. The van der Waals surface area contributed by atoms with Gasteiger partial charge in [-0.25, -0.2) is 9.78 Å². The van der Waals surface area contributed by atoms with Crippen LogP contribution in [0.3, 0.4) is 0 Å². The van der Waals surface area contributed by atoms with Crippen molar-refractivity contribution in [3.63, 3.8) is 0 Å². The molecule has 1 aliphatic rings. The second-order valence-electron chi connectivity index (χ2n) is 4.34. The maximum absolute atomic E-state index is 11.4. The van der Waals surface area contributed by atoms with Crippen molar-refractivity contribution in [1.82, 2.24) is 4.98 Å². The van der Waals surface area contributed by atoms with Gasteiger partial charge in [0, 0.05) is 20.0 Å². The molecule has 6 heteroatoms. The van der Waals surface area contributed by atoms with Gasteiger partial charge in [0.1, 0.15) is 4.88 Å². The first kappa shape index (κ1) is 13.2. The van der Waals surface area contributed by atoms with Crippen molar-refractivity contribution in [2.45, 2.75) is 38.7 Å². The average molecular weight is 269 g/mol. The number of ether oxygens (including phenoxy) is 1. The molecule has 5 nitrogen and oxygen atoms in total. The summed E-state index contributed by atoms with van der Waals surface area (Å²) in [5.74, 6) is -1.40. The highest BCUT2D eigenvalue weighted by Gasteiger charge is 2.23. The largest absolute Gasteiger partial charge is 0.476 e. The third kappa shape index (κ3) is 2.94. The summed E-state index contributed by atoms with van der Waals surface area (Å²) in [6, 6.07) is 0. The summed E-state index contributed by atoms with van der Waals surface area (Å²) in [7, 11) is 0. The SMILES string of the molecule is CC(=O)c1sc(CC2CCCCO2)nc1C(=O)O. The molecule has 1 saturated heterocycles. The minimum atomic E-state index is -1.15. The summed E-state index contributed by atoms with van der Waals surface area (Å²) in [5.41, 5.74) is -0.127. The number of carboxylic acids is 1. The Bertz CT molecular complexity index is 431. The van der Waals surface area contributed by atoms with Crippen LogP contribution in [0.4, 0.5) is 0 Å². The molecular formula is C12H15NO4S. The molecule has 1 N–H and O–H groups in total. The van der Waals surface area contributed by atoms with Crippen LogP contribution in [0.2, 0.25) is 0 Å². The molecular weight excluding hydrogens is 254 g/mol. The number of nitrogens with zero attached hydrogens (tertiary/aromatic N) is 1. The molecule has 18 heavy (non-hydrogen) atoms. The molecule has 1 atom stereocenters. The summed E-state index contributed by atoms with van der Waals surface area (Å²) < 4.78 is 5.59. The molecule has 2 heterocycles. The summed E-state index contributed by atoms with van der Waals surface area (Å²) in [6.07, 6.45) is 3.87. The fraction of sp³-hybridized carbons (Fsp3) is 0.583. The van der Waals surface area contributed by atoms with Crippen molar-refractivity contribution in [2.75, 3.05) is 6.61 Å². The number of thiazole rings is 1. The first-order chi connectivity index (χ1) is 8.58. The van der Waals surface area contributed by atoms with Crippen molar-refractivity contribution in [1.29, 1.82) is 0 Å². The van der Waals surface area contributed by atoms with Gasteiger partial charge >= 0.3 is 5.97 Å². The monoisotopic (exact) mass is 269 g/mol. The predicted molar refractivity (Wildman–Crippen MR) is 66.4 cm³/mol. The highest BCUT2D eigenvalue weighted by atomic mass is 32.1. The van der Waals surface area contributed by atoms with Crippen molar-refractivity contribution in [3.05, 3.63) is 15.6 Å². The fourth-order valence-electron chi connectivity index (χ4n) is 2.00. The van der Waals surface area contributed by atoms with Crippen LogP contribution in [0.25, 0.3) is 0 Å². The molecule has 0 saturated carbocycles. The number of ketones is 1. The van der Waals surface area contributed by atoms with E-state index in [0.717, 1.165) is 25.9 Å². The molecule has 0 bridgehead atoms. The fourth-order valence-corrected chi connectivity index (χ4v) is 3.01. The Balaban J connectivity index is 2.15. The van der Waals surface area contributed by atoms with Crippen LogP contribution in [0.5, 0.6) is 0 Å². The number of aromatic carboxylic acids is 1. The zero-order chi connectivity index (χ0) is 13.1. The van der Waals surface area contributed by atoms with Gasteiger partial charge in [0.15, 0.2) is 11.5 Å². The molecule has 0 spiro atoms.